The summed E-state index contributed by atoms with van der Waals surface area (Å²) in [6, 6.07) is 13.5. The van der Waals surface area contributed by atoms with Crippen molar-refractivity contribution >= 4 is 57.0 Å². The van der Waals surface area contributed by atoms with Crippen molar-refractivity contribution in [1.29, 1.82) is 0 Å². The highest BCUT2D eigenvalue weighted by atomic mass is 35.5. The molecule has 0 saturated carbocycles. The Morgan fingerprint density at radius 2 is 1.39 bits per heavy atom. The molecule has 0 spiro atoms. The monoisotopic (exact) mass is 785 g/mol. The predicted molar refractivity (Wildman–Crippen MR) is 204 cm³/mol. The van der Waals surface area contributed by atoms with Crippen molar-refractivity contribution in [2.24, 2.45) is 7.05 Å². The van der Waals surface area contributed by atoms with Gasteiger partial charge in [-0.05, 0) is 42.3 Å². The number of fused-ring (bicyclic) bond motifs is 4. The molecule has 15 nitrogen and oxygen atoms in total. The topological polar surface area (TPSA) is 170 Å². The number of nitrogens with zero attached hydrogens (tertiary/aromatic N) is 4. The van der Waals surface area contributed by atoms with Gasteiger partial charge in [0.05, 0.1) is 74.5 Å². The zero-order chi connectivity index (χ0) is 39.0. The molecule has 1 fully saturated rings. The number of ether oxygens (including phenoxy) is 6. The number of piperidine rings is 1. The van der Waals surface area contributed by atoms with Crippen LogP contribution < -0.4 is 14.8 Å². The lowest BCUT2D eigenvalue weighted by Crippen LogP contribution is -2.54. The summed E-state index contributed by atoms with van der Waals surface area (Å²) < 4.78 is 35.8. The molecule has 5 heterocycles. The van der Waals surface area contributed by atoms with Crippen molar-refractivity contribution in [2.45, 2.75) is 18.9 Å². The van der Waals surface area contributed by atoms with Gasteiger partial charge in [-0.1, -0.05) is 23.7 Å². The molecule has 5 aromatic rings. The van der Waals surface area contributed by atoms with Gasteiger partial charge >= 0.3 is 0 Å². The molecule has 1 atom stereocenters. The van der Waals surface area contributed by atoms with E-state index < -0.39 is 29.7 Å². The number of carbonyl (C=O) groups is 4. The van der Waals surface area contributed by atoms with Crippen LogP contribution in [0.15, 0.2) is 67.1 Å². The summed E-state index contributed by atoms with van der Waals surface area (Å²) in [5.74, 6) is -1.43. The fourth-order valence-corrected chi connectivity index (χ4v) is 6.90. The van der Waals surface area contributed by atoms with Gasteiger partial charge in [0.1, 0.15) is 25.0 Å². The van der Waals surface area contributed by atoms with Crippen molar-refractivity contribution in [3.05, 3.63) is 83.3 Å². The maximum absolute atomic E-state index is 13.0. The third kappa shape index (κ3) is 8.67. The average molecular weight is 786 g/mol. The van der Waals surface area contributed by atoms with Gasteiger partial charge in [-0.3, -0.25) is 34.4 Å². The van der Waals surface area contributed by atoms with Crippen LogP contribution in [-0.4, -0.2) is 115 Å². The Bertz CT molecular complexity index is 2260. The van der Waals surface area contributed by atoms with Crippen LogP contribution in [0.1, 0.15) is 33.6 Å². The van der Waals surface area contributed by atoms with Crippen molar-refractivity contribution in [3.8, 4) is 22.8 Å². The maximum Gasteiger partial charge on any atom is 0.262 e. The number of rotatable bonds is 19. The quantitative estimate of drug-likeness (QED) is 0.0929. The van der Waals surface area contributed by atoms with Gasteiger partial charge in [-0.25, -0.2) is 4.98 Å². The highest BCUT2D eigenvalue weighted by Crippen LogP contribution is 2.35. The van der Waals surface area contributed by atoms with Crippen molar-refractivity contribution in [3.63, 3.8) is 0 Å². The Hall–Kier alpha value is -5.45. The second kappa shape index (κ2) is 18.0. The Kier molecular flexibility index (Phi) is 12.5. The number of pyridine rings is 2. The van der Waals surface area contributed by atoms with E-state index in [2.05, 4.69) is 32.0 Å². The first-order valence-corrected chi connectivity index (χ1v) is 18.6. The first kappa shape index (κ1) is 38.8. The lowest BCUT2D eigenvalue weighted by Gasteiger charge is -2.27. The lowest BCUT2D eigenvalue weighted by molar-refractivity contribution is -0.136. The van der Waals surface area contributed by atoms with Crippen LogP contribution in [0, 0.1) is 0 Å². The molecular formula is C40H40ClN5O10. The Labute approximate surface area is 326 Å². The molecule has 0 bridgehead atoms. The number of nitrogens with one attached hydrogen (secondary N) is 1. The van der Waals surface area contributed by atoms with Crippen molar-refractivity contribution < 1.29 is 47.6 Å². The van der Waals surface area contributed by atoms with E-state index >= 15 is 0 Å². The summed E-state index contributed by atoms with van der Waals surface area (Å²) in [6.45, 7) is 3.51. The van der Waals surface area contributed by atoms with Crippen molar-refractivity contribution in [2.75, 3.05) is 66.1 Å². The summed E-state index contributed by atoms with van der Waals surface area (Å²) in [5, 5.41) is 4.96. The molecule has 2 aromatic carbocycles. The Balaban J connectivity index is 0.704. The van der Waals surface area contributed by atoms with Crippen LogP contribution >= 0.6 is 11.6 Å². The second-order valence-electron chi connectivity index (χ2n) is 13.0. The summed E-state index contributed by atoms with van der Waals surface area (Å²) in [6.07, 6.45) is 5.55. The summed E-state index contributed by atoms with van der Waals surface area (Å²) in [4.78, 5) is 59.1. The van der Waals surface area contributed by atoms with E-state index in [0.717, 1.165) is 37.8 Å². The van der Waals surface area contributed by atoms with Crippen LogP contribution in [0.2, 0.25) is 5.02 Å². The number of aryl methyl sites for hydroxylation is 1. The minimum Gasteiger partial charge on any atom is -0.491 e. The third-order valence-corrected chi connectivity index (χ3v) is 9.76. The maximum atomic E-state index is 13.0. The van der Waals surface area contributed by atoms with Gasteiger partial charge in [0.15, 0.2) is 0 Å². The highest BCUT2D eigenvalue weighted by Gasteiger charge is 2.44. The van der Waals surface area contributed by atoms with E-state index in [9.17, 15) is 19.2 Å². The smallest absolute Gasteiger partial charge is 0.262 e. The number of imide groups is 2. The van der Waals surface area contributed by atoms with Crippen LogP contribution in [0.4, 0.5) is 0 Å². The molecule has 0 radical (unpaired) electrons. The molecule has 3 aromatic heterocycles. The molecule has 1 N–H and O–H groups in total. The summed E-state index contributed by atoms with van der Waals surface area (Å²) in [7, 11) is 2.04. The fourth-order valence-electron chi connectivity index (χ4n) is 6.65. The molecule has 2 aliphatic rings. The Morgan fingerprint density at radius 3 is 2.09 bits per heavy atom. The van der Waals surface area contributed by atoms with Crippen LogP contribution in [0.5, 0.6) is 11.6 Å². The van der Waals surface area contributed by atoms with Gasteiger partial charge in [0, 0.05) is 60.0 Å². The van der Waals surface area contributed by atoms with E-state index in [0.29, 0.717) is 69.5 Å². The van der Waals surface area contributed by atoms with Gasteiger partial charge in [0.2, 0.25) is 17.7 Å². The zero-order valence-electron chi connectivity index (χ0n) is 30.7. The fraction of sp³-hybridized carbons (Fsp3) is 0.350. The predicted octanol–water partition coefficient (Wildman–Crippen LogP) is 4.37. The minimum atomic E-state index is -1.02. The molecule has 56 heavy (non-hydrogen) atoms. The largest absolute Gasteiger partial charge is 0.491 e. The normalized spacial score (nSPS) is 15.5. The van der Waals surface area contributed by atoms with E-state index in [1.54, 1.807) is 24.5 Å². The summed E-state index contributed by atoms with van der Waals surface area (Å²) >= 11 is 6.64. The van der Waals surface area contributed by atoms with Crippen LogP contribution in [-0.2, 0) is 35.6 Å². The second-order valence-corrected chi connectivity index (χ2v) is 13.4. The SMILES string of the molecule is Cn1c2ccncc2c2ccc(-c3cnc(OCCOCCOCCOCCOCCOc4ccc5c(c4)C(=O)N(C4CCC(=O)NC4=O)C5=O)cc3Cl)cc21. The van der Waals surface area contributed by atoms with Gasteiger partial charge in [-0.15, -0.1) is 0 Å². The first-order chi connectivity index (χ1) is 27.3. The standard InChI is InChI=1S/C40H40ClN5O10/c1-45-33-8-9-42-23-31(33)27-4-2-25(20-35(27)45)30-24-43-37(22-32(30)41)56-19-17-54-15-13-52-11-10-51-12-14-53-16-18-55-26-3-5-28-29(21-26)40(50)46(39(28)49)34-6-7-36(47)44-38(34)48/h2-5,8-9,20-24,34H,6-7,10-19H2,1H3,(H,44,47,48). The first-order valence-electron chi connectivity index (χ1n) is 18.2. The summed E-state index contributed by atoms with van der Waals surface area (Å²) in [5.41, 5.74) is 4.32. The molecule has 1 saturated heterocycles. The van der Waals surface area contributed by atoms with E-state index in [1.807, 2.05) is 25.4 Å². The number of aromatic nitrogens is 3. The molecule has 7 rings (SSSR count). The lowest BCUT2D eigenvalue weighted by atomic mass is 10.0. The molecule has 2 aliphatic heterocycles. The van der Waals surface area contributed by atoms with E-state index in [-0.39, 0.29) is 37.2 Å². The third-order valence-electron chi connectivity index (χ3n) is 9.45. The number of hydrogen-bond donors (Lipinski definition) is 1. The molecular weight excluding hydrogens is 746 g/mol. The van der Waals surface area contributed by atoms with Gasteiger partial charge in [-0.2, -0.15) is 0 Å². The molecule has 16 heteroatoms. The van der Waals surface area contributed by atoms with Crippen LogP contribution in [0.25, 0.3) is 32.9 Å². The number of amides is 4. The van der Waals surface area contributed by atoms with Gasteiger partial charge in [0.25, 0.3) is 11.8 Å². The van der Waals surface area contributed by atoms with E-state index in [1.165, 1.54) is 12.1 Å². The molecule has 0 aliphatic carbocycles. The number of hydrogen-bond acceptors (Lipinski definition) is 12. The molecule has 292 valence electrons. The molecule has 4 amide bonds. The van der Waals surface area contributed by atoms with Crippen molar-refractivity contribution in [1.82, 2.24) is 24.8 Å². The Morgan fingerprint density at radius 1 is 0.714 bits per heavy atom. The van der Waals surface area contributed by atoms with E-state index in [4.69, 9.17) is 40.0 Å². The minimum absolute atomic E-state index is 0.0587. The number of benzene rings is 2. The molecule has 1 unspecified atom stereocenters. The zero-order valence-corrected chi connectivity index (χ0v) is 31.4. The van der Waals surface area contributed by atoms with Gasteiger partial charge < -0.3 is 33.0 Å². The highest BCUT2D eigenvalue weighted by molar-refractivity contribution is 6.33. The van der Waals surface area contributed by atoms with Crippen LogP contribution in [0.3, 0.4) is 0 Å². The average Bonchev–Trinajstić information content (AvgIpc) is 3.62. The number of carbonyl (C=O) groups excluding carboxylic acids is 4. The number of halogens is 1.